The minimum Gasteiger partial charge on any atom is -0.456 e. The van der Waals surface area contributed by atoms with Crippen LogP contribution in [0.25, 0.3) is 99.2 Å². The molecule has 0 radical (unpaired) electrons. The predicted octanol–water partition coefficient (Wildman–Crippen LogP) is 16.8. The van der Waals surface area contributed by atoms with Crippen LogP contribution in [0.5, 0.6) is 0 Å². The van der Waals surface area contributed by atoms with Gasteiger partial charge in [0.1, 0.15) is 22.3 Å². The Balaban J connectivity index is 0.971. The fraction of sp³-hybridized carbons (Fsp3) is 0. The molecule has 10 aromatic carbocycles. The predicted molar refractivity (Wildman–Crippen MR) is 255 cm³/mol. The number of benzene rings is 10. The lowest BCUT2D eigenvalue weighted by atomic mass is 9.97. The van der Waals surface area contributed by atoms with E-state index in [0.29, 0.717) is 0 Å². The first kappa shape index (κ1) is 34.9. The molecule has 0 saturated heterocycles. The average molecular weight is 780 g/mol. The lowest BCUT2D eigenvalue weighted by Gasteiger charge is -2.28. The third-order valence-corrected chi connectivity index (χ3v) is 12.1. The number of hydrogen-bond donors (Lipinski definition) is 0. The Labute approximate surface area is 353 Å². The maximum Gasteiger partial charge on any atom is 0.143 e. The molecule has 0 atom stereocenters. The van der Waals surface area contributed by atoms with Crippen molar-refractivity contribution in [1.82, 2.24) is 0 Å². The summed E-state index contributed by atoms with van der Waals surface area (Å²) >= 11 is 0. The highest BCUT2D eigenvalue weighted by Gasteiger charge is 2.19. The van der Waals surface area contributed by atoms with Crippen molar-refractivity contribution in [1.29, 1.82) is 0 Å². The number of fused-ring (bicyclic) bond motifs is 8. The highest BCUT2D eigenvalue weighted by atomic mass is 16.3. The maximum absolute atomic E-state index is 6.52. The van der Waals surface area contributed by atoms with Gasteiger partial charge in [0.25, 0.3) is 0 Å². The minimum absolute atomic E-state index is 0.882. The molecule has 0 aliphatic carbocycles. The number of para-hydroxylation sites is 2. The van der Waals surface area contributed by atoms with Crippen molar-refractivity contribution >= 4 is 71.7 Å². The highest BCUT2D eigenvalue weighted by Crippen LogP contribution is 2.44. The summed E-state index contributed by atoms with van der Waals surface area (Å²) < 4.78 is 12.8. The van der Waals surface area contributed by atoms with E-state index in [4.69, 9.17) is 8.83 Å². The van der Waals surface area contributed by atoms with Crippen LogP contribution in [0.4, 0.5) is 17.1 Å². The van der Waals surface area contributed by atoms with Crippen LogP contribution in [0.2, 0.25) is 0 Å². The Morgan fingerprint density at radius 2 is 0.836 bits per heavy atom. The van der Waals surface area contributed by atoms with E-state index in [2.05, 4.69) is 217 Å². The first-order valence-corrected chi connectivity index (χ1v) is 20.7. The molecule has 0 saturated carbocycles. The monoisotopic (exact) mass is 779 g/mol. The molecule has 2 aromatic heterocycles. The molecule has 0 amide bonds. The highest BCUT2D eigenvalue weighted by molar-refractivity contribution is 6.16. The van der Waals surface area contributed by atoms with Crippen molar-refractivity contribution in [2.75, 3.05) is 4.90 Å². The number of hydrogen-bond acceptors (Lipinski definition) is 3. The topological polar surface area (TPSA) is 29.5 Å². The molecule has 3 nitrogen and oxygen atoms in total. The Hall–Kier alpha value is -8.14. The van der Waals surface area contributed by atoms with Crippen LogP contribution < -0.4 is 4.90 Å². The molecule has 0 aliphatic heterocycles. The molecular formula is C58H37NO2. The zero-order valence-electron chi connectivity index (χ0n) is 33.1. The van der Waals surface area contributed by atoms with Crippen LogP contribution >= 0.6 is 0 Å². The summed E-state index contributed by atoms with van der Waals surface area (Å²) in [5, 5.41) is 6.79. The van der Waals surface area contributed by atoms with Crippen molar-refractivity contribution in [3.05, 3.63) is 224 Å². The lowest BCUT2D eigenvalue weighted by Crippen LogP contribution is -2.11. The first-order chi connectivity index (χ1) is 30.2. The Kier molecular flexibility index (Phi) is 8.17. The molecule has 0 aliphatic rings. The molecule has 12 rings (SSSR count). The van der Waals surface area contributed by atoms with Gasteiger partial charge in [-0.1, -0.05) is 152 Å². The molecule has 286 valence electrons. The van der Waals surface area contributed by atoms with Gasteiger partial charge in [-0.25, -0.2) is 0 Å². The number of nitrogens with zero attached hydrogens (tertiary/aromatic N) is 1. The SMILES string of the molecule is c1ccc(-c2cccc(-c3ccc(N(c4ccc(-c5ccc6c(c5)oc5ccccc56)cc4)c4ccccc4-c4ccc5oc6c7ccccc7ccc6c5c4)cc3)c2)cc1. The average Bonchev–Trinajstić information content (AvgIpc) is 3.91. The van der Waals surface area contributed by atoms with E-state index in [-0.39, 0.29) is 0 Å². The van der Waals surface area contributed by atoms with Crippen molar-refractivity contribution in [2.45, 2.75) is 0 Å². The zero-order valence-corrected chi connectivity index (χ0v) is 33.1. The van der Waals surface area contributed by atoms with Gasteiger partial charge in [0.2, 0.25) is 0 Å². The van der Waals surface area contributed by atoms with Crippen LogP contribution in [-0.4, -0.2) is 0 Å². The summed E-state index contributed by atoms with van der Waals surface area (Å²) in [5.41, 5.74) is 16.0. The Morgan fingerprint density at radius 3 is 1.62 bits per heavy atom. The molecule has 12 aromatic rings. The van der Waals surface area contributed by atoms with E-state index in [1.807, 2.05) is 12.1 Å². The number of anilines is 3. The van der Waals surface area contributed by atoms with Crippen LogP contribution in [0.15, 0.2) is 233 Å². The van der Waals surface area contributed by atoms with Crippen molar-refractivity contribution in [3.8, 4) is 44.5 Å². The van der Waals surface area contributed by atoms with Crippen LogP contribution in [0.3, 0.4) is 0 Å². The van der Waals surface area contributed by atoms with Gasteiger partial charge in [0.15, 0.2) is 0 Å². The van der Waals surface area contributed by atoms with Gasteiger partial charge >= 0.3 is 0 Å². The fourth-order valence-corrected chi connectivity index (χ4v) is 9.03. The second kappa shape index (κ2) is 14.3. The first-order valence-electron chi connectivity index (χ1n) is 20.7. The third-order valence-electron chi connectivity index (χ3n) is 12.1. The summed E-state index contributed by atoms with van der Waals surface area (Å²) in [6.45, 7) is 0. The summed E-state index contributed by atoms with van der Waals surface area (Å²) in [4.78, 5) is 2.37. The summed E-state index contributed by atoms with van der Waals surface area (Å²) in [7, 11) is 0. The molecule has 0 spiro atoms. The summed E-state index contributed by atoms with van der Waals surface area (Å²) in [5.74, 6) is 0. The van der Waals surface area contributed by atoms with E-state index >= 15 is 0 Å². The lowest BCUT2D eigenvalue weighted by molar-refractivity contribution is 0.669. The largest absolute Gasteiger partial charge is 0.456 e. The van der Waals surface area contributed by atoms with Gasteiger partial charge in [0.05, 0.1) is 5.69 Å². The summed E-state index contributed by atoms with van der Waals surface area (Å²) in [6, 6.07) is 80.0. The van der Waals surface area contributed by atoms with Gasteiger partial charge in [-0.15, -0.1) is 0 Å². The quantitative estimate of drug-likeness (QED) is 0.161. The van der Waals surface area contributed by atoms with E-state index in [1.165, 1.54) is 22.1 Å². The van der Waals surface area contributed by atoms with E-state index in [9.17, 15) is 0 Å². The van der Waals surface area contributed by atoms with Crippen LogP contribution in [0, 0.1) is 0 Å². The van der Waals surface area contributed by atoms with Crippen LogP contribution in [-0.2, 0) is 0 Å². The fourth-order valence-electron chi connectivity index (χ4n) is 9.03. The van der Waals surface area contributed by atoms with Crippen LogP contribution in [0.1, 0.15) is 0 Å². The molecule has 61 heavy (non-hydrogen) atoms. The van der Waals surface area contributed by atoms with Gasteiger partial charge in [-0.2, -0.15) is 0 Å². The van der Waals surface area contributed by atoms with E-state index in [0.717, 1.165) is 94.1 Å². The molecule has 0 unspecified atom stereocenters. The van der Waals surface area contributed by atoms with Gasteiger partial charge < -0.3 is 13.7 Å². The standard InChI is InChI=1S/C58H37NO2/c1-2-11-38(12-3-1)42-14-10-15-43(35-42)39-21-28-46(29-22-39)59(47-30-23-40(24-31-47)44-26-32-51-50-18-7-9-20-55(50)60-57(51)37-44)54-19-8-6-16-48(54)45-27-34-56-53(36-45)52-33-25-41-13-4-5-17-49(41)58(52)61-56/h1-37H. The second-order valence-corrected chi connectivity index (χ2v) is 15.7. The molecule has 0 bridgehead atoms. The van der Waals surface area contributed by atoms with Gasteiger partial charge in [-0.05, 0) is 117 Å². The third kappa shape index (κ3) is 6.06. The second-order valence-electron chi connectivity index (χ2n) is 15.7. The molecule has 0 fully saturated rings. The zero-order chi connectivity index (χ0) is 40.3. The van der Waals surface area contributed by atoms with Gasteiger partial charge in [-0.3, -0.25) is 0 Å². The molecule has 3 heteroatoms. The Morgan fingerprint density at radius 1 is 0.279 bits per heavy atom. The Bertz CT molecular complexity index is 3580. The summed E-state index contributed by atoms with van der Waals surface area (Å²) in [6.07, 6.45) is 0. The minimum atomic E-state index is 0.882. The molecule has 0 N–H and O–H groups in total. The molecule has 2 heterocycles. The van der Waals surface area contributed by atoms with Gasteiger partial charge in [0, 0.05) is 43.9 Å². The van der Waals surface area contributed by atoms with Crippen molar-refractivity contribution in [2.24, 2.45) is 0 Å². The molecular weight excluding hydrogens is 743 g/mol. The number of rotatable bonds is 7. The smallest absolute Gasteiger partial charge is 0.143 e. The van der Waals surface area contributed by atoms with E-state index < -0.39 is 0 Å². The van der Waals surface area contributed by atoms with E-state index in [1.54, 1.807) is 0 Å². The van der Waals surface area contributed by atoms with Crippen molar-refractivity contribution in [3.63, 3.8) is 0 Å². The maximum atomic E-state index is 6.52. The van der Waals surface area contributed by atoms with Crippen molar-refractivity contribution < 1.29 is 8.83 Å². The normalized spacial score (nSPS) is 11.6. The number of furan rings is 2.